The number of nitrogens with two attached hydrogens (primary N) is 2. The Bertz CT molecular complexity index is 1320. The summed E-state index contributed by atoms with van der Waals surface area (Å²) >= 11 is 0. The minimum Gasteiger partial charge on any atom is -0.480 e. The molecular formula is C29H42N8O5. The van der Waals surface area contributed by atoms with Crippen molar-refractivity contribution >= 4 is 34.6 Å². The van der Waals surface area contributed by atoms with Crippen LogP contribution >= 0.6 is 0 Å². The number of unbranched alkanes of at least 4 members (excludes halogenated alkanes) is 1. The van der Waals surface area contributed by atoms with Crippen LogP contribution in [0.2, 0.25) is 0 Å². The Morgan fingerprint density at radius 3 is 2.29 bits per heavy atom. The number of hydrogen-bond donors (Lipinski definition) is 8. The standard InChI is InChI=1S/C29H42N8O5/c1-17(2)11-23(35-26(38)21(31)8-5-6-10-30)27(39)36-24(12-18-14-33-22-9-4-3-7-20(18)22)28(40)37-25(29(41)42)13-19-15-32-16-34-19/h3-4,7,9,14-17,21,23-25,33H,5-6,8,10-13,30-31H2,1-2H3,(H,32,34)(H,35,38)(H,36,39)(H,37,40)(H,41,42). The number of carbonyl (C=O) groups is 4. The molecule has 0 bridgehead atoms. The molecule has 3 rings (SSSR count). The van der Waals surface area contributed by atoms with Crippen molar-refractivity contribution < 1.29 is 24.3 Å². The van der Waals surface area contributed by atoms with Crippen LogP contribution in [0.25, 0.3) is 10.9 Å². The van der Waals surface area contributed by atoms with Crippen molar-refractivity contribution in [1.29, 1.82) is 0 Å². The van der Waals surface area contributed by atoms with E-state index in [1.165, 1.54) is 12.5 Å². The molecule has 13 nitrogen and oxygen atoms in total. The molecule has 0 fully saturated rings. The van der Waals surface area contributed by atoms with Gasteiger partial charge < -0.3 is 42.5 Å². The molecule has 0 radical (unpaired) electrons. The van der Waals surface area contributed by atoms with Gasteiger partial charge >= 0.3 is 5.97 Å². The number of nitrogens with one attached hydrogen (secondary N) is 5. The van der Waals surface area contributed by atoms with E-state index in [4.69, 9.17) is 11.5 Å². The molecule has 0 saturated heterocycles. The number of hydrogen-bond acceptors (Lipinski definition) is 7. The first-order valence-corrected chi connectivity index (χ1v) is 14.2. The second-order valence-electron chi connectivity index (χ2n) is 10.9. The van der Waals surface area contributed by atoms with E-state index < -0.39 is 47.9 Å². The summed E-state index contributed by atoms with van der Waals surface area (Å²) in [5.74, 6) is -2.89. The molecule has 3 amide bonds. The maximum absolute atomic E-state index is 13.6. The van der Waals surface area contributed by atoms with Gasteiger partial charge in [0.25, 0.3) is 0 Å². The Morgan fingerprint density at radius 2 is 1.62 bits per heavy atom. The smallest absolute Gasteiger partial charge is 0.326 e. The highest BCUT2D eigenvalue weighted by atomic mass is 16.4. The number of carboxylic acid groups (broad SMARTS) is 1. The molecule has 0 spiro atoms. The van der Waals surface area contributed by atoms with Crippen molar-refractivity contribution in [2.24, 2.45) is 17.4 Å². The maximum atomic E-state index is 13.6. The zero-order valence-electron chi connectivity index (χ0n) is 24.1. The summed E-state index contributed by atoms with van der Waals surface area (Å²) in [6, 6.07) is 3.37. The first kappa shape index (κ1) is 32.3. The summed E-state index contributed by atoms with van der Waals surface area (Å²) in [6.45, 7) is 4.32. The summed E-state index contributed by atoms with van der Waals surface area (Å²) < 4.78 is 0. The molecule has 228 valence electrons. The zero-order chi connectivity index (χ0) is 30.6. The lowest BCUT2D eigenvalue weighted by Gasteiger charge is -2.26. The fourth-order valence-electron chi connectivity index (χ4n) is 4.71. The number of para-hydroxylation sites is 1. The second kappa shape index (κ2) is 15.7. The molecule has 4 atom stereocenters. The third kappa shape index (κ3) is 9.42. The average Bonchev–Trinajstić information content (AvgIpc) is 3.61. The highest BCUT2D eigenvalue weighted by Crippen LogP contribution is 2.19. The first-order valence-electron chi connectivity index (χ1n) is 14.2. The van der Waals surface area contributed by atoms with E-state index in [0.29, 0.717) is 31.5 Å². The number of carbonyl (C=O) groups excluding carboxylic acids is 3. The van der Waals surface area contributed by atoms with Crippen molar-refractivity contribution in [3.05, 3.63) is 54.2 Å². The number of fused-ring (bicyclic) bond motifs is 1. The van der Waals surface area contributed by atoms with Gasteiger partial charge in [0.05, 0.1) is 12.4 Å². The molecule has 2 aromatic heterocycles. The summed E-state index contributed by atoms with van der Waals surface area (Å²) in [6.07, 6.45) is 6.87. The van der Waals surface area contributed by atoms with Crippen LogP contribution in [0.15, 0.2) is 43.0 Å². The number of aliphatic carboxylic acids is 1. The van der Waals surface area contributed by atoms with Gasteiger partial charge in [-0.05, 0) is 43.4 Å². The van der Waals surface area contributed by atoms with Gasteiger partial charge in [-0.25, -0.2) is 9.78 Å². The quantitative estimate of drug-likeness (QED) is 0.106. The molecule has 1 aromatic carbocycles. The van der Waals surface area contributed by atoms with Crippen LogP contribution in [0.3, 0.4) is 0 Å². The second-order valence-corrected chi connectivity index (χ2v) is 10.9. The topological polar surface area (TPSA) is 221 Å². The normalized spacial score (nSPS) is 14.2. The van der Waals surface area contributed by atoms with Crippen molar-refractivity contribution in [2.45, 2.75) is 76.5 Å². The summed E-state index contributed by atoms with van der Waals surface area (Å²) in [7, 11) is 0. The van der Waals surface area contributed by atoms with Gasteiger partial charge in [-0.1, -0.05) is 38.5 Å². The molecule has 42 heavy (non-hydrogen) atoms. The Labute approximate surface area is 244 Å². The maximum Gasteiger partial charge on any atom is 0.326 e. The van der Waals surface area contributed by atoms with Crippen LogP contribution in [-0.4, -0.2) is 74.5 Å². The van der Waals surface area contributed by atoms with Gasteiger partial charge in [0.2, 0.25) is 17.7 Å². The molecule has 0 aliphatic heterocycles. The Hall–Kier alpha value is -4.23. The average molecular weight is 583 g/mol. The number of aromatic nitrogens is 3. The first-order chi connectivity index (χ1) is 20.1. The third-order valence-electron chi connectivity index (χ3n) is 6.97. The van der Waals surface area contributed by atoms with Crippen molar-refractivity contribution in [3.8, 4) is 0 Å². The van der Waals surface area contributed by atoms with Crippen LogP contribution in [-0.2, 0) is 32.0 Å². The third-order valence-corrected chi connectivity index (χ3v) is 6.97. The Kier molecular flexibility index (Phi) is 12.1. The summed E-state index contributed by atoms with van der Waals surface area (Å²) in [4.78, 5) is 61.8. The van der Waals surface area contributed by atoms with Crippen molar-refractivity contribution in [1.82, 2.24) is 30.9 Å². The van der Waals surface area contributed by atoms with Crippen LogP contribution in [0.1, 0.15) is 50.8 Å². The number of imidazole rings is 1. The van der Waals surface area contributed by atoms with Gasteiger partial charge in [0, 0.05) is 41.8 Å². The van der Waals surface area contributed by atoms with Gasteiger partial charge in [0.1, 0.15) is 18.1 Å². The predicted molar refractivity (Wildman–Crippen MR) is 158 cm³/mol. The Morgan fingerprint density at radius 1 is 0.929 bits per heavy atom. The fraction of sp³-hybridized carbons (Fsp3) is 0.483. The number of aromatic amines is 2. The molecule has 13 heteroatoms. The molecule has 0 aliphatic carbocycles. The lowest BCUT2D eigenvalue weighted by molar-refractivity contribution is -0.142. The van der Waals surface area contributed by atoms with Crippen LogP contribution < -0.4 is 27.4 Å². The number of nitrogens with zero attached hydrogens (tertiary/aromatic N) is 1. The highest BCUT2D eigenvalue weighted by Gasteiger charge is 2.31. The van der Waals surface area contributed by atoms with E-state index in [1.54, 1.807) is 6.20 Å². The van der Waals surface area contributed by atoms with Crippen LogP contribution in [0, 0.1) is 5.92 Å². The van der Waals surface area contributed by atoms with Crippen LogP contribution in [0.5, 0.6) is 0 Å². The van der Waals surface area contributed by atoms with E-state index in [2.05, 4.69) is 30.9 Å². The van der Waals surface area contributed by atoms with Gasteiger partial charge in [-0.2, -0.15) is 0 Å². The summed E-state index contributed by atoms with van der Waals surface area (Å²) in [5.41, 5.74) is 13.7. The van der Waals surface area contributed by atoms with Gasteiger partial charge in [-0.15, -0.1) is 0 Å². The molecule has 0 aliphatic rings. The van der Waals surface area contributed by atoms with E-state index in [9.17, 15) is 24.3 Å². The molecule has 3 aromatic rings. The molecule has 0 saturated carbocycles. The minimum absolute atomic E-state index is 0.0249. The number of rotatable bonds is 17. The zero-order valence-corrected chi connectivity index (χ0v) is 24.1. The summed E-state index contributed by atoms with van der Waals surface area (Å²) in [5, 5.41) is 18.7. The van der Waals surface area contributed by atoms with Gasteiger partial charge in [-0.3, -0.25) is 14.4 Å². The van der Waals surface area contributed by atoms with Gasteiger partial charge in [0.15, 0.2) is 0 Å². The monoisotopic (exact) mass is 582 g/mol. The predicted octanol–water partition coefficient (Wildman–Crippen LogP) is 0.718. The number of amides is 3. The number of H-pyrrole nitrogens is 2. The number of benzene rings is 1. The molecule has 10 N–H and O–H groups in total. The van der Waals surface area contributed by atoms with E-state index in [-0.39, 0.29) is 18.8 Å². The SMILES string of the molecule is CC(C)CC(NC(=O)C(N)CCCCN)C(=O)NC(Cc1c[nH]c2ccccc12)C(=O)NC(Cc1cnc[nH]1)C(=O)O. The van der Waals surface area contributed by atoms with E-state index in [1.807, 2.05) is 38.1 Å². The minimum atomic E-state index is -1.27. The highest BCUT2D eigenvalue weighted by molar-refractivity contribution is 5.95. The van der Waals surface area contributed by atoms with E-state index >= 15 is 0 Å². The molecular weight excluding hydrogens is 540 g/mol. The van der Waals surface area contributed by atoms with Crippen LogP contribution in [0.4, 0.5) is 0 Å². The van der Waals surface area contributed by atoms with Crippen molar-refractivity contribution in [2.75, 3.05) is 6.54 Å². The van der Waals surface area contributed by atoms with E-state index in [0.717, 1.165) is 22.9 Å². The molecule has 4 unspecified atom stereocenters. The lowest BCUT2D eigenvalue weighted by atomic mass is 10.00. The lowest BCUT2D eigenvalue weighted by Crippen LogP contribution is -2.58. The number of carboxylic acids is 1. The largest absolute Gasteiger partial charge is 0.480 e. The van der Waals surface area contributed by atoms with Crippen molar-refractivity contribution in [3.63, 3.8) is 0 Å². The molecule has 2 heterocycles. The fourth-order valence-corrected chi connectivity index (χ4v) is 4.71. The Balaban J connectivity index is 1.82.